The molecule has 2 atom stereocenters. The molecule has 0 bridgehead atoms. The Bertz CT molecular complexity index is 88.9. The molecule has 0 aromatic heterocycles. The van der Waals surface area contributed by atoms with E-state index in [1.807, 2.05) is 0 Å². The van der Waals surface area contributed by atoms with Gasteiger partial charge in [0.05, 0.1) is 0 Å². The Morgan fingerprint density at radius 3 is 2.00 bits per heavy atom. The Hall–Kier alpha value is -0.0400. The molecule has 0 aliphatic heterocycles. The van der Waals surface area contributed by atoms with Gasteiger partial charge in [-0.3, -0.25) is 0 Å². The van der Waals surface area contributed by atoms with E-state index in [0.29, 0.717) is 6.04 Å². The molecule has 0 rings (SSSR count). The van der Waals surface area contributed by atoms with Crippen LogP contribution >= 0.6 is 0 Å². The lowest BCUT2D eigenvalue weighted by Crippen LogP contribution is -2.33. The van der Waals surface area contributed by atoms with Crippen LogP contribution in [0.3, 0.4) is 0 Å². The van der Waals surface area contributed by atoms with Crippen LogP contribution < -0.4 is 5.32 Å². The lowest BCUT2D eigenvalue weighted by molar-refractivity contribution is 0.387. The standard InChI is InChI=1S/C10H23N/c1-6-9(4)7-11-10(5)8(2)3/h8-11H,6-7H2,1-5H3. The van der Waals surface area contributed by atoms with Crippen molar-refractivity contribution in [3.05, 3.63) is 0 Å². The molecule has 0 spiro atoms. The van der Waals surface area contributed by atoms with E-state index in [-0.39, 0.29) is 0 Å². The number of nitrogens with one attached hydrogen (secondary N) is 1. The zero-order valence-electron chi connectivity index (χ0n) is 8.65. The Balaban J connectivity index is 3.37. The molecular weight excluding hydrogens is 134 g/mol. The molecule has 0 aliphatic carbocycles. The van der Waals surface area contributed by atoms with Crippen LogP contribution in [0.25, 0.3) is 0 Å². The van der Waals surface area contributed by atoms with Crippen LogP contribution in [-0.4, -0.2) is 12.6 Å². The minimum absolute atomic E-state index is 0.656. The summed E-state index contributed by atoms with van der Waals surface area (Å²) in [5.74, 6) is 1.57. The van der Waals surface area contributed by atoms with Crippen molar-refractivity contribution in [2.45, 2.75) is 47.1 Å². The molecule has 11 heavy (non-hydrogen) atoms. The highest BCUT2D eigenvalue weighted by molar-refractivity contribution is 4.65. The van der Waals surface area contributed by atoms with Gasteiger partial charge in [0.2, 0.25) is 0 Å². The van der Waals surface area contributed by atoms with Crippen LogP contribution in [0, 0.1) is 11.8 Å². The van der Waals surface area contributed by atoms with Crippen LogP contribution in [0.4, 0.5) is 0 Å². The summed E-state index contributed by atoms with van der Waals surface area (Å²) in [7, 11) is 0. The molecule has 0 fully saturated rings. The zero-order valence-corrected chi connectivity index (χ0v) is 8.65. The predicted molar refractivity (Wildman–Crippen MR) is 51.8 cm³/mol. The van der Waals surface area contributed by atoms with Crippen molar-refractivity contribution in [2.75, 3.05) is 6.54 Å². The predicted octanol–water partition coefficient (Wildman–Crippen LogP) is 2.67. The Morgan fingerprint density at radius 1 is 1.09 bits per heavy atom. The third-order valence-corrected chi connectivity index (χ3v) is 2.49. The van der Waals surface area contributed by atoms with Crippen LogP contribution in [-0.2, 0) is 0 Å². The zero-order chi connectivity index (χ0) is 8.85. The van der Waals surface area contributed by atoms with Gasteiger partial charge in [-0.25, -0.2) is 0 Å². The molecule has 68 valence electrons. The monoisotopic (exact) mass is 157 g/mol. The number of hydrogen-bond acceptors (Lipinski definition) is 1. The first kappa shape index (κ1) is 11.0. The van der Waals surface area contributed by atoms with Gasteiger partial charge in [0.25, 0.3) is 0 Å². The average Bonchev–Trinajstić information content (AvgIpc) is 1.99. The Morgan fingerprint density at radius 2 is 1.64 bits per heavy atom. The van der Waals surface area contributed by atoms with Crippen molar-refractivity contribution >= 4 is 0 Å². The second-order valence-electron chi connectivity index (χ2n) is 3.95. The Kier molecular flexibility index (Phi) is 5.57. The maximum atomic E-state index is 3.53. The molecule has 0 saturated heterocycles. The van der Waals surface area contributed by atoms with Gasteiger partial charge in [0.1, 0.15) is 0 Å². The summed E-state index contributed by atoms with van der Waals surface area (Å²) in [4.78, 5) is 0. The van der Waals surface area contributed by atoms with Gasteiger partial charge in [0.15, 0.2) is 0 Å². The van der Waals surface area contributed by atoms with Crippen molar-refractivity contribution < 1.29 is 0 Å². The molecule has 1 nitrogen and oxygen atoms in total. The molecule has 0 saturated carbocycles. The van der Waals surface area contributed by atoms with Gasteiger partial charge in [-0.1, -0.05) is 34.1 Å². The lowest BCUT2D eigenvalue weighted by Gasteiger charge is -2.19. The van der Waals surface area contributed by atoms with E-state index in [2.05, 4.69) is 39.9 Å². The fourth-order valence-corrected chi connectivity index (χ4v) is 0.767. The smallest absolute Gasteiger partial charge is 0.00618 e. The number of rotatable bonds is 5. The summed E-state index contributed by atoms with van der Waals surface area (Å²) < 4.78 is 0. The SMILES string of the molecule is CCC(C)CNC(C)C(C)C. The molecule has 1 heteroatoms. The van der Waals surface area contributed by atoms with Crippen molar-refractivity contribution in [2.24, 2.45) is 11.8 Å². The Labute approximate surface area is 71.6 Å². The molecule has 2 unspecified atom stereocenters. The maximum Gasteiger partial charge on any atom is 0.00618 e. The molecule has 0 aromatic carbocycles. The number of hydrogen-bond donors (Lipinski definition) is 1. The van der Waals surface area contributed by atoms with Gasteiger partial charge in [-0.15, -0.1) is 0 Å². The largest absolute Gasteiger partial charge is 0.314 e. The van der Waals surface area contributed by atoms with Gasteiger partial charge in [-0.05, 0) is 25.3 Å². The molecule has 0 aliphatic rings. The molecule has 0 amide bonds. The topological polar surface area (TPSA) is 12.0 Å². The van der Waals surface area contributed by atoms with Crippen LogP contribution in [0.2, 0.25) is 0 Å². The van der Waals surface area contributed by atoms with Gasteiger partial charge < -0.3 is 5.32 Å². The van der Waals surface area contributed by atoms with Crippen molar-refractivity contribution in [1.82, 2.24) is 5.32 Å². The highest BCUT2D eigenvalue weighted by Crippen LogP contribution is 2.02. The van der Waals surface area contributed by atoms with E-state index in [9.17, 15) is 0 Å². The molecule has 0 aromatic rings. The van der Waals surface area contributed by atoms with Crippen molar-refractivity contribution in [3.8, 4) is 0 Å². The second kappa shape index (κ2) is 5.59. The molecular formula is C10H23N. The third-order valence-electron chi connectivity index (χ3n) is 2.49. The summed E-state index contributed by atoms with van der Waals surface area (Å²) in [5, 5.41) is 3.53. The first-order valence-corrected chi connectivity index (χ1v) is 4.81. The van der Waals surface area contributed by atoms with E-state index in [1.54, 1.807) is 0 Å². The quantitative estimate of drug-likeness (QED) is 0.647. The fraction of sp³-hybridized carbons (Fsp3) is 1.00. The normalized spacial score (nSPS) is 16.9. The molecule has 0 heterocycles. The van der Waals surface area contributed by atoms with E-state index in [4.69, 9.17) is 0 Å². The highest BCUT2D eigenvalue weighted by Gasteiger charge is 2.06. The maximum absolute atomic E-state index is 3.53. The first-order valence-electron chi connectivity index (χ1n) is 4.81. The highest BCUT2D eigenvalue weighted by atomic mass is 14.9. The average molecular weight is 157 g/mol. The van der Waals surface area contributed by atoms with E-state index in [0.717, 1.165) is 18.4 Å². The summed E-state index contributed by atoms with van der Waals surface area (Å²) in [6.07, 6.45) is 1.28. The van der Waals surface area contributed by atoms with Gasteiger partial charge in [0, 0.05) is 6.04 Å². The van der Waals surface area contributed by atoms with Crippen LogP contribution in [0.1, 0.15) is 41.0 Å². The molecule has 0 radical (unpaired) electrons. The van der Waals surface area contributed by atoms with Gasteiger partial charge >= 0.3 is 0 Å². The summed E-state index contributed by atoms with van der Waals surface area (Å²) in [6, 6.07) is 0.656. The van der Waals surface area contributed by atoms with E-state index < -0.39 is 0 Å². The first-order chi connectivity index (χ1) is 5.07. The van der Waals surface area contributed by atoms with E-state index in [1.165, 1.54) is 6.42 Å². The summed E-state index contributed by atoms with van der Waals surface area (Å²) in [6.45, 7) is 12.5. The summed E-state index contributed by atoms with van der Waals surface area (Å²) >= 11 is 0. The molecule has 1 N–H and O–H groups in total. The van der Waals surface area contributed by atoms with Crippen molar-refractivity contribution in [1.29, 1.82) is 0 Å². The van der Waals surface area contributed by atoms with Crippen LogP contribution in [0.15, 0.2) is 0 Å². The van der Waals surface area contributed by atoms with Crippen molar-refractivity contribution in [3.63, 3.8) is 0 Å². The third kappa shape index (κ3) is 5.25. The van der Waals surface area contributed by atoms with E-state index >= 15 is 0 Å². The van der Waals surface area contributed by atoms with Gasteiger partial charge in [-0.2, -0.15) is 0 Å². The second-order valence-corrected chi connectivity index (χ2v) is 3.95. The summed E-state index contributed by atoms with van der Waals surface area (Å²) in [5.41, 5.74) is 0. The fourth-order valence-electron chi connectivity index (χ4n) is 0.767. The minimum Gasteiger partial charge on any atom is -0.314 e. The van der Waals surface area contributed by atoms with Crippen LogP contribution in [0.5, 0.6) is 0 Å². The lowest BCUT2D eigenvalue weighted by atomic mass is 10.0. The minimum atomic E-state index is 0.656.